The van der Waals surface area contributed by atoms with Crippen LogP contribution in [0.4, 0.5) is 11.4 Å². The van der Waals surface area contributed by atoms with Gasteiger partial charge in [0.1, 0.15) is 0 Å². The number of pyridine rings is 1. The zero-order valence-electron chi connectivity index (χ0n) is 14.5. The summed E-state index contributed by atoms with van der Waals surface area (Å²) in [7, 11) is 0. The van der Waals surface area contributed by atoms with E-state index in [0.717, 1.165) is 18.5 Å². The lowest BCUT2D eigenvalue weighted by molar-refractivity contribution is -0.114. The van der Waals surface area contributed by atoms with Crippen LogP contribution < -0.4 is 10.6 Å². The molecule has 26 heavy (non-hydrogen) atoms. The topological polar surface area (TPSA) is 97.1 Å². The van der Waals surface area contributed by atoms with E-state index >= 15 is 0 Å². The summed E-state index contributed by atoms with van der Waals surface area (Å²) in [5, 5.41) is 10.2. The van der Waals surface area contributed by atoms with Crippen LogP contribution in [0.1, 0.15) is 47.4 Å². The molecule has 0 spiro atoms. The van der Waals surface area contributed by atoms with Gasteiger partial charge in [0.05, 0.1) is 16.6 Å². The minimum Gasteiger partial charge on any atom is -0.336 e. The number of fused-ring (bicyclic) bond motifs is 1. The summed E-state index contributed by atoms with van der Waals surface area (Å²) in [5.41, 5.74) is 3.74. The van der Waals surface area contributed by atoms with E-state index in [1.807, 2.05) is 6.07 Å². The first-order chi connectivity index (χ1) is 12.5. The van der Waals surface area contributed by atoms with Gasteiger partial charge in [-0.2, -0.15) is 0 Å². The van der Waals surface area contributed by atoms with Crippen molar-refractivity contribution in [3.63, 3.8) is 0 Å². The zero-order valence-corrected chi connectivity index (χ0v) is 14.5. The average Bonchev–Trinajstić information content (AvgIpc) is 3.39. The van der Waals surface area contributed by atoms with Gasteiger partial charge in [-0.15, -0.1) is 0 Å². The fraction of sp³-hybridized carbons (Fsp3) is 0.263. The smallest absolute Gasteiger partial charge is 0.259 e. The summed E-state index contributed by atoms with van der Waals surface area (Å²) < 4.78 is 5.28. The number of aryl methyl sites for hydroxylation is 1. The second-order valence-electron chi connectivity index (χ2n) is 6.53. The number of nitrogens with one attached hydrogen (secondary N) is 2. The Bertz CT molecular complexity index is 1000. The van der Waals surface area contributed by atoms with Gasteiger partial charge < -0.3 is 15.2 Å². The second-order valence-corrected chi connectivity index (χ2v) is 6.53. The summed E-state index contributed by atoms with van der Waals surface area (Å²) in [6, 6.07) is 8.79. The van der Waals surface area contributed by atoms with Crippen LogP contribution in [0.25, 0.3) is 11.1 Å². The highest BCUT2D eigenvalue weighted by Crippen LogP contribution is 2.40. The van der Waals surface area contributed by atoms with Crippen LogP contribution >= 0.6 is 0 Å². The maximum Gasteiger partial charge on any atom is 0.259 e. The van der Waals surface area contributed by atoms with Crippen molar-refractivity contribution in [1.29, 1.82) is 0 Å². The minimum atomic E-state index is -0.238. The Morgan fingerprint density at radius 1 is 1.12 bits per heavy atom. The number of rotatable bonds is 4. The Balaban J connectivity index is 1.63. The summed E-state index contributed by atoms with van der Waals surface area (Å²) in [6.45, 7) is 3.24. The summed E-state index contributed by atoms with van der Waals surface area (Å²) in [4.78, 5) is 28.4. The number of nitrogens with zero attached hydrogens (tertiary/aromatic N) is 2. The summed E-state index contributed by atoms with van der Waals surface area (Å²) in [5.74, 6) is 0.0164. The Kier molecular flexibility index (Phi) is 3.91. The maximum atomic E-state index is 12.9. The van der Waals surface area contributed by atoms with E-state index in [-0.39, 0.29) is 11.8 Å². The molecule has 4 rings (SSSR count). The predicted octanol–water partition coefficient (Wildman–Crippen LogP) is 3.62. The van der Waals surface area contributed by atoms with E-state index in [1.54, 1.807) is 31.2 Å². The number of aromatic nitrogens is 2. The Labute approximate surface area is 149 Å². The zero-order chi connectivity index (χ0) is 18.3. The Hall–Kier alpha value is -3.22. The minimum absolute atomic E-state index is 0.142. The van der Waals surface area contributed by atoms with Crippen molar-refractivity contribution in [2.45, 2.75) is 32.6 Å². The molecule has 3 aromatic rings. The van der Waals surface area contributed by atoms with Gasteiger partial charge in [-0.3, -0.25) is 9.59 Å². The van der Waals surface area contributed by atoms with Gasteiger partial charge in [0.15, 0.2) is 0 Å². The van der Waals surface area contributed by atoms with Crippen molar-refractivity contribution in [1.82, 2.24) is 10.1 Å². The number of carbonyl (C=O) groups is 2. The van der Waals surface area contributed by atoms with E-state index in [1.165, 1.54) is 6.92 Å². The molecule has 0 saturated heterocycles. The quantitative estimate of drug-likeness (QED) is 0.749. The number of benzene rings is 1. The molecule has 0 bridgehead atoms. The van der Waals surface area contributed by atoms with Gasteiger partial charge in [-0.05, 0) is 50.1 Å². The molecular formula is C19H18N4O3. The highest BCUT2D eigenvalue weighted by atomic mass is 16.5. The Morgan fingerprint density at radius 2 is 1.77 bits per heavy atom. The average molecular weight is 350 g/mol. The van der Waals surface area contributed by atoms with Gasteiger partial charge >= 0.3 is 0 Å². The third kappa shape index (κ3) is 3.15. The molecule has 1 aliphatic carbocycles. The molecule has 1 fully saturated rings. The standard InChI is InChI=1S/C19H18N4O3/c1-10-17-15(9-16(12-3-4-12)22-19(17)26-23-10)18(25)21-14-7-5-13(6-8-14)20-11(2)24/h5-9,12H,3-4H2,1-2H3,(H,20,24)(H,21,25). The molecule has 2 N–H and O–H groups in total. The number of amides is 2. The van der Waals surface area contributed by atoms with Crippen molar-refractivity contribution < 1.29 is 14.1 Å². The lowest BCUT2D eigenvalue weighted by Crippen LogP contribution is -2.13. The van der Waals surface area contributed by atoms with Crippen LogP contribution in [-0.4, -0.2) is 22.0 Å². The third-order valence-electron chi connectivity index (χ3n) is 4.34. The molecule has 0 aliphatic heterocycles. The summed E-state index contributed by atoms with van der Waals surface area (Å²) >= 11 is 0. The molecule has 7 nitrogen and oxygen atoms in total. The first kappa shape index (κ1) is 16.3. The molecule has 0 atom stereocenters. The number of carbonyl (C=O) groups excluding carboxylic acids is 2. The highest BCUT2D eigenvalue weighted by Gasteiger charge is 2.28. The molecule has 0 unspecified atom stereocenters. The number of hydrogen-bond acceptors (Lipinski definition) is 5. The molecule has 0 radical (unpaired) electrons. The third-order valence-corrected chi connectivity index (χ3v) is 4.34. The van der Waals surface area contributed by atoms with E-state index in [0.29, 0.717) is 39.6 Å². The SMILES string of the molecule is CC(=O)Nc1ccc(NC(=O)c2cc(C3CC3)nc3onc(C)c23)cc1. The lowest BCUT2D eigenvalue weighted by Gasteiger charge is -2.09. The molecule has 2 heterocycles. The molecule has 1 saturated carbocycles. The molecule has 7 heteroatoms. The highest BCUT2D eigenvalue weighted by molar-refractivity contribution is 6.12. The van der Waals surface area contributed by atoms with Crippen molar-refractivity contribution in [2.24, 2.45) is 0 Å². The lowest BCUT2D eigenvalue weighted by atomic mass is 10.1. The fourth-order valence-electron chi connectivity index (χ4n) is 2.92. The monoisotopic (exact) mass is 350 g/mol. The van der Waals surface area contributed by atoms with Crippen LogP contribution in [0, 0.1) is 6.92 Å². The predicted molar refractivity (Wildman–Crippen MR) is 97.2 cm³/mol. The van der Waals surface area contributed by atoms with Gasteiger partial charge in [-0.25, -0.2) is 4.98 Å². The van der Waals surface area contributed by atoms with E-state index in [9.17, 15) is 9.59 Å². The first-order valence-electron chi connectivity index (χ1n) is 8.47. The number of hydrogen-bond donors (Lipinski definition) is 2. The van der Waals surface area contributed by atoms with E-state index < -0.39 is 0 Å². The normalized spacial score (nSPS) is 13.6. The van der Waals surface area contributed by atoms with E-state index in [2.05, 4.69) is 20.8 Å². The maximum absolute atomic E-state index is 12.9. The van der Waals surface area contributed by atoms with Crippen molar-refractivity contribution in [3.8, 4) is 0 Å². The van der Waals surface area contributed by atoms with E-state index in [4.69, 9.17) is 4.52 Å². The van der Waals surface area contributed by atoms with Gasteiger partial charge in [0, 0.05) is 29.9 Å². The molecule has 132 valence electrons. The molecule has 1 aliphatic rings. The van der Waals surface area contributed by atoms with Crippen LogP contribution in [0.3, 0.4) is 0 Å². The first-order valence-corrected chi connectivity index (χ1v) is 8.47. The molecule has 1 aromatic carbocycles. The van der Waals surface area contributed by atoms with Gasteiger partial charge in [-0.1, -0.05) is 5.16 Å². The Morgan fingerprint density at radius 3 is 2.38 bits per heavy atom. The fourth-order valence-corrected chi connectivity index (χ4v) is 2.92. The van der Waals surface area contributed by atoms with Crippen molar-refractivity contribution in [3.05, 3.63) is 47.3 Å². The largest absolute Gasteiger partial charge is 0.336 e. The molecule has 2 amide bonds. The molecule has 2 aromatic heterocycles. The van der Waals surface area contributed by atoms with Gasteiger partial charge in [0.25, 0.3) is 11.6 Å². The second kappa shape index (κ2) is 6.25. The van der Waals surface area contributed by atoms with Crippen molar-refractivity contribution >= 4 is 34.3 Å². The van der Waals surface area contributed by atoms with Crippen LogP contribution in [-0.2, 0) is 4.79 Å². The van der Waals surface area contributed by atoms with Gasteiger partial charge in [0.2, 0.25) is 5.91 Å². The van der Waals surface area contributed by atoms with Crippen LogP contribution in [0.2, 0.25) is 0 Å². The van der Waals surface area contributed by atoms with Crippen molar-refractivity contribution in [2.75, 3.05) is 10.6 Å². The van der Waals surface area contributed by atoms with Crippen LogP contribution in [0.5, 0.6) is 0 Å². The van der Waals surface area contributed by atoms with Crippen LogP contribution in [0.15, 0.2) is 34.9 Å². The molecular weight excluding hydrogens is 332 g/mol. The number of anilines is 2. The summed E-state index contributed by atoms with van der Waals surface area (Å²) in [6.07, 6.45) is 2.16.